The summed E-state index contributed by atoms with van der Waals surface area (Å²) in [6.07, 6.45) is 0. The van der Waals surface area contributed by atoms with Crippen molar-refractivity contribution in [2.24, 2.45) is 0 Å². The van der Waals surface area contributed by atoms with Crippen LogP contribution in [-0.2, 0) is 11.3 Å². The molecule has 0 unspecified atom stereocenters. The van der Waals surface area contributed by atoms with Crippen LogP contribution in [0.15, 0.2) is 24.3 Å². The highest BCUT2D eigenvalue weighted by atomic mass is 32.1. The number of aryl methyl sites for hydroxylation is 1. The average molecular weight is 292 g/mol. The van der Waals surface area contributed by atoms with Crippen molar-refractivity contribution in [3.05, 3.63) is 40.0 Å². The van der Waals surface area contributed by atoms with Gasteiger partial charge < -0.3 is 4.74 Å². The first-order valence-corrected chi connectivity index (χ1v) is 7.56. The number of thiazole rings is 1. The Morgan fingerprint density at radius 1 is 1.25 bits per heavy atom. The lowest BCUT2D eigenvalue weighted by Gasteiger charge is -2.25. The van der Waals surface area contributed by atoms with Gasteiger partial charge >= 0.3 is 0 Å². The van der Waals surface area contributed by atoms with E-state index in [0.717, 1.165) is 49.1 Å². The van der Waals surface area contributed by atoms with Gasteiger partial charge in [0.15, 0.2) is 0 Å². The van der Waals surface area contributed by atoms with E-state index in [0.29, 0.717) is 0 Å². The Kier molecular flexibility index (Phi) is 4.10. The normalized spacial score (nSPS) is 16.5. The quantitative estimate of drug-likeness (QED) is 0.869. The van der Waals surface area contributed by atoms with E-state index >= 15 is 0 Å². The van der Waals surface area contributed by atoms with Gasteiger partial charge in [0.25, 0.3) is 0 Å². The zero-order chi connectivity index (χ0) is 13.9. The van der Waals surface area contributed by atoms with Crippen molar-refractivity contribution in [2.45, 2.75) is 13.5 Å². The maximum Gasteiger partial charge on any atom is 0.123 e. The first kappa shape index (κ1) is 13.7. The van der Waals surface area contributed by atoms with Crippen LogP contribution < -0.4 is 0 Å². The van der Waals surface area contributed by atoms with Gasteiger partial charge in [-0.2, -0.15) is 0 Å². The molecule has 1 fully saturated rings. The molecular weight excluding hydrogens is 275 g/mol. The van der Waals surface area contributed by atoms with Gasteiger partial charge in [-0.15, -0.1) is 11.3 Å². The molecule has 0 saturated carbocycles. The predicted molar refractivity (Wildman–Crippen MR) is 78.3 cm³/mol. The van der Waals surface area contributed by atoms with Crippen LogP contribution in [0.3, 0.4) is 0 Å². The molecule has 20 heavy (non-hydrogen) atoms. The van der Waals surface area contributed by atoms with Crippen molar-refractivity contribution >= 4 is 11.3 Å². The molecule has 0 atom stereocenters. The third kappa shape index (κ3) is 3.06. The van der Waals surface area contributed by atoms with Crippen LogP contribution in [0.5, 0.6) is 0 Å². The molecular formula is C15H17FN2OS. The number of rotatable bonds is 3. The molecule has 1 aromatic heterocycles. The third-order valence-corrected chi connectivity index (χ3v) is 4.38. The van der Waals surface area contributed by atoms with Crippen molar-refractivity contribution in [3.8, 4) is 11.3 Å². The minimum atomic E-state index is -0.213. The third-order valence-electron chi connectivity index (χ3n) is 3.42. The Morgan fingerprint density at radius 2 is 1.95 bits per heavy atom. The fourth-order valence-electron chi connectivity index (χ4n) is 2.35. The zero-order valence-corrected chi connectivity index (χ0v) is 12.3. The molecule has 1 aliphatic heterocycles. The average Bonchev–Trinajstić information content (AvgIpc) is 2.81. The van der Waals surface area contributed by atoms with Gasteiger partial charge in [-0.3, -0.25) is 4.90 Å². The molecule has 0 aliphatic carbocycles. The fourth-order valence-corrected chi connectivity index (χ4v) is 3.34. The number of halogens is 1. The first-order valence-electron chi connectivity index (χ1n) is 6.75. The van der Waals surface area contributed by atoms with Gasteiger partial charge in [-0.05, 0) is 31.2 Å². The monoisotopic (exact) mass is 292 g/mol. The summed E-state index contributed by atoms with van der Waals surface area (Å²) < 4.78 is 18.3. The highest BCUT2D eigenvalue weighted by molar-refractivity contribution is 7.12. The highest BCUT2D eigenvalue weighted by Gasteiger charge is 2.15. The molecule has 5 heteroatoms. The Bertz CT molecular complexity index is 576. The molecule has 0 bridgehead atoms. The number of nitrogens with zero attached hydrogens (tertiary/aromatic N) is 2. The standard InChI is InChI=1S/C15H17FN2OS/c1-11-15(12-2-4-13(16)5-3-12)17-14(20-11)10-18-6-8-19-9-7-18/h2-5H,6-10H2,1H3. The van der Waals surface area contributed by atoms with Crippen LogP contribution in [-0.4, -0.2) is 36.2 Å². The Morgan fingerprint density at radius 3 is 2.65 bits per heavy atom. The molecule has 0 spiro atoms. The molecule has 0 amide bonds. The van der Waals surface area contributed by atoms with Crippen LogP contribution in [0.4, 0.5) is 4.39 Å². The molecule has 3 nitrogen and oxygen atoms in total. The Labute approximate surface area is 122 Å². The smallest absolute Gasteiger partial charge is 0.123 e. The summed E-state index contributed by atoms with van der Waals surface area (Å²) in [5.41, 5.74) is 1.95. The van der Waals surface area contributed by atoms with Crippen LogP contribution >= 0.6 is 11.3 Å². The molecule has 1 saturated heterocycles. The van der Waals surface area contributed by atoms with Gasteiger partial charge in [0.2, 0.25) is 0 Å². The summed E-state index contributed by atoms with van der Waals surface area (Å²) in [6, 6.07) is 6.54. The number of ether oxygens (including phenoxy) is 1. The van der Waals surface area contributed by atoms with Gasteiger partial charge in [-0.1, -0.05) is 0 Å². The van der Waals surface area contributed by atoms with Gasteiger partial charge in [0.1, 0.15) is 10.8 Å². The van der Waals surface area contributed by atoms with Gasteiger partial charge in [0, 0.05) is 23.5 Å². The van der Waals surface area contributed by atoms with E-state index in [2.05, 4.69) is 11.8 Å². The topological polar surface area (TPSA) is 25.4 Å². The summed E-state index contributed by atoms with van der Waals surface area (Å²) in [4.78, 5) is 8.26. The number of hydrogen-bond acceptors (Lipinski definition) is 4. The zero-order valence-electron chi connectivity index (χ0n) is 11.4. The lowest BCUT2D eigenvalue weighted by molar-refractivity contribution is 0.0342. The van der Waals surface area contributed by atoms with Crippen LogP contribution in [0.1, 0.15) is 9.88 Å². The summed E-state index contributed by atoms with van der Waals surface area (Å²) in [7, 11) is 0. The van der Waals surface area contributed by atoms with E-state index < -0.39 is 0 Å². The maximum atomic E-state index is 13.0. The van der Waals surface area contributed by atoms with Crippen molar-refractivity contribution in [1.82, 2.24) is 9.88 Å². The number of hydrogen-bond donors (Lipinski definition) is 0. The summed E-state index contributed by atoms with van der Waals surface area (Å²) in [5, 5.41) is 1.11. The predicted octanol–water partition coefficient (Wildman–Crippen LogP) is 3.09. The van der Waals surface area contributed by atoms with E-state index in [4.69, 9.17) is 9.72 Å². The van der Waals surface area contributed by atoms with Crippen LogP contribution in [0.2, 0.25) is 0 Å². The maximum absolute atomic E-state index is 13.0. The van der Waals surface area contributed by atoms with Crippen LogP contribution in [0.25, 0.3) is 11.3 Å². The summed E-state index contributed by atoms with van der Waals surface area (Å²) >= 11 is 1.72. The first-order chi connectivity index (χ1) is 9.72. The summed E-state index contributed by atoms with van der Waals surface area (Å²) in [5.74, 6) is -0.213. The van der Waals surface area contributed by atoms with Crippen molar-refractivity contribution in [2.75, 3.05) is 26.3 Å². The number of benzene rings is 1. The lowest BCUT2D eigenvalue weighted by atomic mass is 10.1. The second kappa shape index (κ2) is 5.99. The van der Waals surface area contributed by atoms with E-state index in [1.54, 1.807) is 23.5 Å². The SMILES string of the molecule is Cc1sc(CN2CCOCC2)nc1-c1ccc(F)cc1. The van der Waals surface area contributed by atoms with E-state index in [1.165, 1.54) is 17.0 Å². The van der Waals surface area contributed by atoms with Crippen molar-refractivity contribution < 1.29 is 9.13 Å². The fraction of sp³-hybridized carbons (Fsp3) is 0.400. The van der Waals surface area contributed by atoms with E-state index in [1.807, 2.05) is 0 Å². The number of morpholine rings is 1. The Hall–Kier alpha value is -1.30. The van der Waals surface area contributed by atoms with Crippen LogP contribution in [0, 0.1) is 12.7 Å². The Balaban J connectivity index is 1.78. The minimum absolute atomic E-state index is 0.213. The second-order valence-corrected chi connectivity index (χ2v) is 6.20. The van der Waals surface area contributed by atoms with Gasteiger partial charge in [-0.25, -0.2) is 9.37 Å². The molecule has 1 aromatic carbocycles. The molecule has 3 rings (SSSR count). The van der Waals surface area contributed by atoms with Crippen molar-refractivity contribution in [3.63, 3.8) is 0 Å². The largest absolute Gasteiger partial charge is 0.379 e. The summed E-state index contributed by atoms with van der Waals surface area (Å²) in [6.45, 7) is 6.47. The molecule has 2 aromatic rings. The minimum Gasteiger partial charge on any atom is -0.379 e. The highest BCUT2D eigenvalue weighted by Crippen LogP contribution is 2.28. The molecule has 106 valence electrons. The van der Waals surface area contributed by atoms with Gasteiger partial charge in [0.05, 0.1) is 25.5 Å². The molecule has 0 N–H and O–H groups in total. The molecule has 2 heterocycles. The van der Waals surface area contributed by atoms with E-state index in [9.17, 15) is 4.39 Å². The second-order valence-electron chi connectivity index (χ2n) is 4.91. The van der Waals surface area contributed by atoms with Crippen molar-refractivity contribution in [1.29, 1.82) is 0 Å². The molecule has 0 radical (unpaired) electrons. The number of aromatic nitrogens is 1. The molecule has 1 aliphatic rings. The van der Waals surface area contributed by atoms with E-state index in [-0.39, 0.29) is 5.82 Å². The lowest BCUT2D eigenvalue weighted by Crippen LogP contribution is -2.35.